The summed E-state index contributed by atoms with van der Waals surface area (Å²) in [6.07, 6.45) is 3.58. The van der Waals surface area contributed by atoms with Crippen LogP contribution in [0.5, 0.6) is 0 Å². The molecule has 1 unspecified atom stereocenters. The van der Waals surface area contributed by atoms with Gasteiger partial charge in [-0.2, -0.15) is 0 Å². The lowest BCUT2D eigenvalue weighted by Gasteiger charge is -2.32. The van der Waals surface area contributed by atoms with Crippen LogP contribution in [-0.2, 0) is 21.2 Å². The van der Waals surface area contributed by atoms with Gasteiger partial charge in [0.1, 0.15) is 0 Å². The first kappa shape index (κ1) is 22.8. The maximum absolute atomic E-state index is 12.8. The summed E-state index contributed by atoms with van der Waals surface area (Å²) in [5, 5.41) is 3.94. The lowest BCUT2D eigenvalue weighted by molar-refractivity contribution is -0.127. The quantitative estimate of drug-likeness (QED) is 0.688. The summed E-state index contributed by atoms with van der Waals surface area (Å²) in [6.45, 7) is 4.55. The van der Waals surface area contributed by atoms with E-state index in [9.17, 15) is 13.2 Å². The maximum atomic E-state index is 12.8. The van der Waals surface area contributed by atoms with E-state index in [0.717, 1.165) is 55.0 Å². The predicted molar refractivity (Wildman–Crippen MR) is 120 cm³/mol. The van der Waals surface area contributed by atoms with Crippen LogP contribution in [0.25, 0.3) is 0 Å². The Bertz CT molecular complexity index is 968. The first-order valence-electron chi connectivity index (χ1n) is 10.3. The van der Waals surface area contributed by atoms with Crippen LogP contribution in [0.15, 0.2) is 53.4 Å². The second-order valence-electron chi connectivity index (χ2n) is 7.95. The van der Waals surface area contributed by atoms with Crippen molar-refractivity contribution in [3.8, 4) is 0 Å². The minimum atomic E-state index is -3.22. The van der Waals surface area contributed by atoms with Gasteiger partial charge in [0, 0.05) is 23.7 Å². The number of nitrogens with zero attached hydrogens (tertiary/aromatic N) is 1. The van der Waals surface area contributed by atoms with Crippen LogP contribution < -0.4 is 5.32 Å². The monoisotopic (exact) mass is 448 g/mol. The summed E-state index contributed by atoms with van der Waals surface area (Å²) in [5.74, 6) is 0.0725. The van der Waals surface area contributed by atoms with Gasteiger partial charge in [0.05, 0.1) is 10.9 Å². The van der Waals surface area contributed by atoms with Gasteiger partial charge in [0.25, 0.3) is 0 Å². The van der Waals surface area contributed by atoms with Crippen LogP contribution in [0.1, 0.15) is 43.4 Å². The van der Waals surface area contributed by atoms with Gasteiger partial charge in [0.2, 0.25) is 5.91 Å². The highest BCUT2D eigenvalue weighted by molar-refractivity contribution is 7.90. The summed E-state index contributed by atoms with van der Waals surface area (Å²) in [6, 6.07) is 14.5. The van der Waals surface area contributed by atoms with Crippen molar-refractivity contribution in [1.29, 1.82) is 0 Å². The number of nitrogens with one attached hydrogen (secondary N) is 1. The molecule has 1 aliphatic rings. The summed E-state index contributed by atoms with van der Waals surface area (Å²) in [4.78, 5) is 15.5. The number of carbonyl (C=O) groups excluding carboxylic acids is 1. The normalized spacial score (nSPS) is 16.9. The van der Waals surface area contributed by atoms with E-state index in [1.54, 1.807) is 24.3 Å². The minimum absolute atomic E-state index is 0.00293. The van der Waals surface area contributed by atoms with Crippen molar-refractivity contribution >= 4 is 27.3 Å². The molecule has 0 bridgehead atoms. The highest BCUT2D eigenvalue weighted by atomic mass is 35.5. The van der Waals surface area contributed by atoms with Crippen LogP contribution in [0.3, 0.4) is 0 Å². The largest absolute Gasteiger partial charge is 0.349 e. The van der Waals surface area contributed by atoms with Gasteiger partial charge in [-0.05, 0) is 61.7 Å². The number of carbonyl (C=O) groups is 1. The first-order chi connectivity index (χ1) is 14.3. The molecule has 1 fully saturated rings. The van der Waals surface area contributed by atoms with Crippen molar-refractivity contribution in [3.05, 3.63) is 64.7 Å². The fraction of sp³-hybridized carbons (Fsp3) is 0.435. The van der Waals surface area contributed by atoms with Crippen molar-refractivity contribution in [2.24, 2.45) is 5.92 Å². The summed E-state index contributed by atoms with van der Waals surface area (Å²) in [7, 11) is -3.22. The Labute approximate surface area is 184 Å². The number of halogens is 1. The molecule has 0 radical (unpaired) electrons. The molecule has 2 aromatic rings. The lowest BCUT2D eigenvalue weighted by atomic mass is 9.94. The Morgan fingerprint density at radius 2 is 1.77 bits per heavy atom. The minimum Gasteiger partial charge on any atom is -0.349 e. The molecule has 1 aliphatic heterocycles. The van der Waals surface area contributed by atoms with Crippen molar-refractivity contribution in [3.63, 3.8) is 0 Å². The summed E-state index contributed by atoms with van der Waals surface area (Å²) >= 11 is 6.26. The fourth-order valence-electron chi connectivity index (χ4n) is 3.88. The van der Waals surface area contributed by atoms with Gasteiger partial charge >= 0.3 is 0 Å². The number of amides is 1. The van der Waals surface area contributed by atoms with Crippen LogP contribution >= 0.6 is 11.6 Å². The Kier molecular flexibility index (Phi) is 7.55. The number of benzene rings is 2. The van der Waals surface area contributed by atoms with Crippen molar-refractivity contribution in [2.45, 2.75) is 43.7 Å². The van der Waals surface area contributed by atoms with Crippen molar-refractivity contribution in [1.82, 2.24) is 10.2 Å². The molecule has 0 spiro atoms. The number of hydrogen-bond donors (Lipinski definition) is 1. The third kappa shape index (κ3) is 5.84. The topological polar surface area (TPSA) is 66.5 Å². The number of rotatable bonds is 7. The Morgan fingerprint density at radius 3 is 2.33 bits per heavy atom. The third-order valence-electron chi connectivity index (χ3n) is 5.75. The number of likely N-dealkylation sites (tertiary alicyclic amines) is 1. The second kappa shape index (κ2) is 9.94. The van der Waals surface area contributed by atoms with Gasteiger partial charge in [-0.15, -0.1) is 0 Å². The smallest absolute Gasteiger partial charge is 0.223 e. The average Bonchev–Trinajstić information content (AvgIpc) is 2.73. The van der Waals surface area contributed by atoms with Crippen molar-refractivity contribution in [2.75, 3.05) is 19.3 Å². The predicted octanol–water partition coefficient (Wildman–Crippen LogP) is 4.22. The highest BCUT2D eigenvalue weighted by Crippen LogP contribution is 2.24. The van der Waals surface area contributed by atoms with Crippen LogP contribution in [0.2, 0.25) is 5.02 Å². The average molecular weight is 449 g/mol. The van der Waals surface area contributed by atoms with E-state index in [4.69, 9.17) is 11.6 Å². The Hall–Kier alpha value is -1.89. The van der Waals surface area contributed by atoms with E-state index in [-0.39, 0.29) is 17.9 Å². The number of hydrogen-bond acceptors (Lipinski definition) is 4. The Morgan fingerprint density at radius 1 is 1.13 bits per heavy atom. The highest BCUT2D eigenvalue weighted by Gasteiger charge is 2.27. The molecule has 3 rings (SSSR count). The molecule has 2 aromatic carbocycles. The van der Waals surface area contributed by atoms with E-state index >= 15 is 0 Å². The summed E-state index contributed by atoms with van der Waals surface area (Å²) in [5.41, 5.74) is 2.04. The molecule has 1 heterocycles. The number of sulfone groups is 1. The van der Waals surface area contributed by atoms with Gasteiger partial charge < -0.3 is 5.32 Å². The maximum Gasteiger partial charge on any atom is 0.223 e. The zero-order valence-electron chi connectivity index (χ0n) is 17.5. The van der Waals surface area contributed by atoms with E-state index in [1.807, 2.05) is 31.2 Å². The zero-order chi connectivity index (χ0) is 21.7. The van der Waals surface area contributed by atoms with E-state index in [2.05, 4.69) is 10.2 Å². The van der Waals surface area contributed by atoms with Gasteiger partial charge in [0.15, 0.2) is 9.84 Å². The van der Waals surface area contributed by atoms with Gasteiger partial charge in [-0.25, -0.2) is 8.42 Å². The lowest BCUT2D eigenvalue weighted by Crippen LogP contribution is -2.41. The third-order valence-corrected chi connectivity index (χ3v) is 7.24. The SMILES string of the molecule is CCC(NC(=O)C1CCN(Cc2ccccc2Cl)CC1)c1ccc(S(C)(=O)=O)cc1. The number of piperidine rings is 1. The summed E-state index contributed by atoms with van der Waals surface area (Å²) < 4.78 is 23.3. The van der Waals surface area contributed by atoms with E-state index < -0.39 is 9.84 Å². The Balaban J connectivity index is 1.55. The first-order valence-corrected chi connectivity index (χ1v) is 12.6. The molecule has 5 nitrogen and oxygen atoms in total. The molecule has 30 heavy (non-hydrogen) atoms. The van der Waals surface area contributed by atoms with Gasteiger partial charge in [-0.3, -0.25) is 9.69 Å². The molecule has 162 valence electrons. The molecule has 0 saturated carbocycles. The molecular formula is C23H29ClN2O3S. The van der Waals surface area contributed by atoms with E-state index in [0.29, 0.717) is 4.90 Å². The molecule has 0 aromatic heterocycles. The van der Waals surface area contributed by atoms with Gasteiger partial charge in [-0.1, -0.05) is 48.9 Å². The zero-order valence-corrected chi connectivity index (χ0v) is 19.0. The van der Waals surface area contributed by atoms with E-state index in [1.165, 1.54) is 6.26 Å². The standard InChI is InChI=1S/C23H29ClN2O3S/c1-3-22(17-8-10-20(11-9-17)30(2,28)29)25-23(27)18-12-14-26(15-13-18)16-19-6-4-5-7-21(19)24/h4-11,18,22H,3,12-16H2,1-2H3,(H,25,27). The molecule has 1 atom stereocenters. The second-order valence-corrected chi connectivity index (χ2v) is 10.4. The van der Waals surface area contributed by atoms with Crippen LogP contribution in [-0.4, -0.2) is 38.6 Å². The molecular weight excluding hydrogens is 420 g/mol. The molecule has 7 heteroatoms. The fourth-order valence-corrected chi connectivity index (χ4v) is 4.70. The molecule has 1 N–H and O–H groups in total. The van der Waals surface area contributed by atoms with Crippen molar-refractivity contribution < 1.29 is 13.2 Å². The molecule has 1 amide bonds. The molecule has 1 saturated heterocycles. The molecule has 0 aliphatic carbocycles. The van der Waals surface area contributed by atoms with Crippen LogP contribution in [0.4, 0.5) is 0 Å². The van der Waals surface area contributed by atoms with Crippen LogP contribution in [0, 0.1) is 5.92 Å².